The average molecular weight is 635 g/mol. The van der Waals surface area contributed by atoms with Crippen LogP contribution in [0.5, 0.6) is 5.75 Å². The first-order valence-corrected chi connectivity index (χ1v) is 16.2. The molecule has 0 radical (unpaired) electrons. The van der Waals surface area contributed by atoms with Gasteiger partial charge in [-0.15, -0.1) is 0 Å². The van der Waals surface area contributed by atoms with E-state index in [1.54, 1.807) is 61.5 Å². The summed E-state index contributed by atoms with van der Waals surface area (Å²) in [5, 5.41) is 16.9. The number of benzene rings is 2. The molecule has 2 saturated carbocycles. The van der Waals surface area contributed by atoms with Crippen molar-refractivity contribution in [1.29, 1.82) is 0 Å². The van der Waals surface area contributed by atoms with Crippen molar-refractivity contribution in [2.75, 3.05) is 6.26 Å². The molecule has 2 aliphatic rings. The highest BCUT2D eigenvalue weighted by molar-refractivity contribution is 7.94. The molecule has 10 heteroatoms. The van der Waals surface area contributed by atoms with Crippen molar-refractivity contribution in [3.05, 3.63) is 104 Å². The Morgan fingerprint density at radius 2 is 1.85 bits per heavy atom. The first-order chi connectivity index (χ1) is 19.4. The van der Waals surface area contributed by atoms with E-state index in [0.29, 0.717) is 56.4 Å². The van der Waals surface area contributed by atoms with Gasteiger partial charge in [0.15, 0.2) is 9.84 Å². The number of rotatable bonds is 10. The Kier molecular flexibility index (Phi) is 8.48. The Hall–Kier alpha value is -2.55. The molecule has 0 bridgehead atoms. The van der Waals surface area contributed by atoms with Crippen LogP contribution in [-0.2, 0) is 22.0 Å². The van der Waals surface area contributed by atoms with Crippen molar-refractivity contribution in [3.8, 4) is 17.0 Å². The van der Waals surface area contributed by atoms with Gasteiger partial charge in [0.2, 0.25) is 0 Å². The molecule has 1 aromatic heterocycles. The van der Waals surface area contributed by atoms with Gasteiger partial charge < -0.3 is 14.4 Å². The van der Waals surface area contributed by atoms with Gasteiger partial charge >= 0.3 is 0 Å². The zero-order valence-corrected chi connectivity index (χ0v) is 25.7. The maximum Gasteiger partial charge on any atom is 0.171 e. The Balaban J connectivity index is 1.27. The second-order valence-electron chi connectivity index (χ2n) is 10.8. The van der Waals surface area contributed by atoms with E-state index in [2.05, 4.69) is 11.7 Å². The minimum atomic E-state index is -3.22. The molecule has 0 unspecified atom stereocenters. The summed E-state index contributed by atoms with van der Waals surface area (Å²) in [5.74, 6) is 1.68. The third-order valence-electron chi connectivity index (χ3n) is 7.71. The SMILES string of the molecule is C=C(/C=C\C=C(/C)S(C)(=O)=O)[C@H]1C[C@@](O)(c2ccc(OCc3c(-c4c(Cl)cccc4Cl)noc3C3CC3)cc2Cl)C1. The van der Waals surface area contributed by atoms with Crippen LogP contribution in [0, 0.1) is 5.92 Å². The highest BCUT2D eigenvalue weighted by atomic mass is 35.5. The van der Waals surface area contributed by atoms with Crippen molar-refractivity contribution >= 4 is 44.6 Å². The van der Waals surface area contributed by atoms with Crippen LogP contribution >= 0.6 is 34.8 Å². The lowest BCUT2D eigenvalue weighted by Gasteiger charge is -2.45. The van der Waals surface area contributed by atoms with Crippen LogP contribution < -0.4 is 4.74 Å². The molecule has 0 saturated heterocycles. The molecule has 0 amide bonds. The summed E-state index contributed by atoms with van der Waals surface area (Å²) in [7, 11) is -3.22. The monoisotopic (exact) mass is 633 g/mol. The predicted molar refractivity (Wildman–Crippen MR) is 163 cm³/mol. The van der Waals surface area contributed by atoms with E-state index in [1.165, 1.54) is 6.26 Å². The molecule has 41 heavy (non-hydrogen) atoms. The van der Waals surface area contributed by atoms with Crippen molar-refractivity contribution in [2.24, 2.45) is 5.92 Å². The molecule has 0 atom stereocenters. The fraction of sp³-hybridized carbons (Fsp3) is 0.323. The van der Waals surface area contributed by atoms with Crippen molar-refractivity contribution in [2.45, 2.75) is 50.7 Å². The van der Waals surface area contributed by atoms with Gasteiger partial charge in [-0.25, -0.2) is 8.42 Å². The maximum atomic E-state index is 11.6. The minimum Gasteiger partial charge on any atom is -0.489 e. The fourth-order valence-corrected chi connectivity index (χ4v) is 6.22. The Morgan fingerprint density at radius 3 is 2.46 bits per heavy atom. The first-order valence-electron chi connectivity index (χ1n) is 13.2. The summed E-state index contributed by atoms with van der Waals surface area (Å²) in [6.45, 7) is 5.82. The van der Waals surface area contributed by atoms with Gasteiger partial charge in [-0.2, -0.15) is 0 Å². The highest BCUT2D eigenvalue weighted by Crippen LogP contribution is 2.51. The number of ether oxygens (including phenoxy) is 1. The second-order valence-corrected chi connectivity index (χ2v) is 14.2. The summed E-state index contributed by atoms with van der Waals surface area (Å²) in [6.07, 6.45) is 9.12. The molecule has 2 aliphatic carbocycles. The third kappa shape index (κ3) is 6.45. The van der Waals surface area contributed by atoms with Crippen LogP contribution in [0.25, 0.3) is 11.3 Å². The molecule has 1 N–H and O–H groups in total. The van der Waals surface area contributed by atoms with Crippen LogP contribution in [-0.4, -0.2) is 24.9 Å². The third-order valence-corrected chi connectivity index (χ3v) is 9.96. The van der Waals surface area contributed by atoms with E-state index in [-0.39, 0.29) is 17.4 Å². The van der Waals surface area contributed by atoms with E-state index in [0.717, 1.165) is 29.7 Å². The Morgan fingerprint density at radius 1 is 1.17 bits per heavy atom. The number of hydrogen-bond donors (Lipinski definition) is 1. The normalized spacial score (nSPS) is 21.2. The molecule has 2 aromatic carbocycles. The molecular weight excluding hydrogens is 605 g/mol. The molecule has 3 aromatic rings. The quantitative estimate of drug-likeness (QED) is 0.225. The predicted octanol–water partition coefficient (Wildman–Crippen LogP) is 8.42. The zero-order valence-electron chi connectivity index (χ0n) is 22.7. The van der Waals surface area contributed by atoms with Gasteiger partial charge in [0.25, 0.3) is 0 Å². The molecule has 2 fully saturated rings. The van der Waals surface area contributed by atoms with Crippen LogP contribution in [0.2, 0.25) is 15.1 Å². The largest absolute Gasteiger partial charge is 0.489 e. The van der Waals surface area contributed by atoms with Crippen molar-refractivity contribution in [3.63, 3.8) is 0 Å². The van der Waals surface area contributed by atoms with Crippen LogP contribution in [0.1, 0.15) is 55.4 Å². The standard InChI is InChI=1S/C31H30Cl3NO5S/c1-18(6-4-7-19(2)41(3,37)38)21-15-31(36,16-21)24-13-12-22(14-27(24)34)39-17-23-29(35-40-30(23)20-10-11-20)28-25(32)8-5-9-26(28)33/h4-9,12-14,20-21,36H,1,10-11,15-17H2,2-3H3/b6-4-,19-7+/t21-,31-. The summed E-state index contributed by atoms with van der Waals surface area (Å²) >= 11 is 19.5. The van der Waals surface area contributed by atoms with Gasteiger partial charge in [-0.3, -0.25) is 0 Å². The van der Waals surface area contributed by atoms with Crippen LogP contribution in [0.4, 0.5) is 0 Å². The minimum absolute atomic E-state index is 0.0553. The van der Waals surface area contributed by atoms with Gasteiger partial charge in [-0.1, -0.05) is 76.4 Å². The molecule has 0 spiro atoms. The number of halogens is 3. The molecular formula is C31H30Cl3NO5S. The van der Waals surface area contributed by atoms with E-state index >= 15 is 0 Å². The molecule has 216 valence electrons. The van der Waals surface area contributed by atoms with E-state index in [4.69, 9.17) is 44.1 Å². The van der Waals surface area contributed by atoms with Crippen LogP contribution in [0.15, 0.2) is 76.2 Å². The molecule has 5 rings (SSSR count). The summed E-state index contributed by atoms with van der Waals surface area (Å²) in [5.41, 5.74) is 2.33. The Labute approximate surface area is 255 Å². The summed E-state index contributed by atoms with van der Waals surface area (Å²) in [6, 6.07) is 10.6. The van der Waals surface area contributed by atoms with E-state index in [9.17, 15) is 13.5 Å². The number of aliphatic hydroxyl groups is 1. The Bertz CT molecular complexity index is 1640. The summed E-state index contributed by atoms with van der Waals surface area (Å²) < 4.78 is 35.0. The van der Waals surface area contributed by atoms with E-state index in [1.807, 2.05) is 0 Å². The fourth-order valence-electron chi connectivity index (χ4n) is 4.97. The van der Waals surface area contributed by atoms with Gasteiger partial charge in [0.1, 0.15) is 23.8 Å². The van der Waals surface area contributed by atoms with E-state index < -0.39 is 15.4 Å². The number of nitrogens with zero attached hydrogens (tertiary/aromatic N) is 1. The number of sulfone groups is 1. The average Bonchev–Trinajstić information content (AvgIpc) is 3.65. The second kappa shape index (κ2) is 11.6. The summed E-state index contributed by atoms with van der Waals surface area (Å²) in [4.78, 5) is 0.275. The smallest absolute Gasteiger partial charge is 0.171 e. The molecule has 0 aliphatic heterocycles. The lowest BCUT2D eigenvalue weighted by Crippen LogP contribution is -2.41. The topological polar surface area (TPSA) is 89.6 Å². The van der Waals surface area contributed by atoms with Crippen molar-refractivity contribution < 1.29 is 22.8 Å². The maximum absolute atomic E-state index is 11.6. The lowest BCUT2D eigenvalue weighted by atomic mass is 9.65. The van der Waals surface area contributed by atoms with Gasteiger partial charge in [-0.05, 0) is 68.9 Å². The number of aromatic nitrogens is 1. The number of hydrogen-bond acceptors (Lipinski definition) is 6. The van der Waals surface area contributed by atoms with Gasteiger partial charge in [0.05, 0.1) is 26.2 Å². The number of allylic oxidation sites excluding steroid dienone is 5. The van der Waals surface area contributed by atoms with Gasteiger partial charge in [0, 0.05) is 28.2 Å². The lowest BCUT2D eigenvalue weighted by molar-refractivity contribution is -0.0672. The first kappa shape index (κ1) is 29.9. The molecule has 1 heterocycles. The van der Waals surface area contributed by atoms with Crippen molar-refractivity contribution in [1.82, 2.24) is 5.16 Å². The molecule has 6 nitrogen and oxygen atoms in total. The van der Waals surface area contributed by atoms with Crippen LogP contribution in [0.3, 0.4) is 0 Å². The zero-order chi connectivity index (χ0) is 29.5. The highest BCUT2D eigenvalue weighted by Gasteiger charge is 2.45.